The van der Waals surface area contributed by atoms with E-state index < -0.39 is 13.1 Å². The molecule has 0 fully saturated rings. The molecule has 6 nitrogen and oxygen atoms in total. The number of carbonyl (C=O) groups is 2. The molecule has 0 aliphatic rings. The lowest BCUT2D eigenvalue weighted by Crippen LogP contribution is -2.11. The van der Waals surface area contributed by atoms with Gasteiger partial charge in [-0.2, -0.15) is 0 Å². The number of amides is 1. The van der Waals surface area contributed by atoms with E-state index in [4.69, 9.17) is 11.6 Å². The number of rotatable bonds is 7. The highest BCUT2D eigenvalue weighted by atomic mass is 35.5. The minimum Gasteiger partial charge on any atom is -0.477 e. The van der Waals surface area contributed by atoms with Crippen LogP contribution in [0, 0.1) is 6.92 Å². The Morgan fingerprint density at radius 3 is 2.50 bits per heavy atom. The van der Waals surface area contributed by atoms with Crippen molar-refractivity contribution in [3.63, 3.8) is 0 Å². The molecule has 0 aliphatic heterocycles. The number of thiazole rings is 1. The van der Waals surface area contributed by atoms with Crippen molar-refractivity contribution in [2.75, 3.05) is 12.0 Å². The van der Waals surface area contributed by atoms with E-state index in [2.05, 4.69) is 10.3 Å². The second kappa shape index (κ2) is 9.84. The zero-order valence-electron chi connectivity index (χ0n) is 18.2. The Labute approximate surface area is 209 Å². The van der Waals surface area contributed by atoms with Crippen molar-refractivity contribution < 1.29 is 19.3 Å². The molecule has 0 saturated heterocycles. The number of aromatic carboxylic acids is 1. The van der Waals surface area contributed by atoms with Crippen LogP contribution in [0.2, 0.25) is 5.02 Å². The van der Waals surface area contributed by atoms with E-state index in [1.165, 1.54) is 11.3 Å². The van der Waals surface area contributed by atoms with Crippen molar-refractivity contribution >= 4 is 64.3 Å². The molecule has 2 heterocycles. The Bertz CT molecular complexity index is 1420. The maximum absolute atomic E-state index is 13.6. The van der Waals surface area contributed by atoms with Gasteiger partial charge in [0.05, 0.1) is 5.51 Å². The molecule has 2 aromatic carbocycles. The lowest BCUT2D eigenvalue weighted by Gasteiger charge is -2.16. The molecule has 1 atom stereocenters. The van der Waals surface area contributed by atoms with Gasteiger partial charge >= 0.3 is 5.97 Å². The molecular weight excluding hydrogens is 511 g/mol. The Kier molecular flexibility index (Phi) is 7.05. The first-order valence-electron chi connectivity index (χ1n) is 10.1. The van der Waals surface area contributed by atoms with Gasteiger partial charge in [-0.15, -0.1) is 22.7 Å². The standard InChI is InChI=1S/C24H20ClN2O4PS2/c1-14-9-17(25)5-8-20(14)32(2,31)11-16-10-21(34-22(16)24(29)30)15-3-6-18(7-4-15)27-23(28)19-12-33-13-26-19/h3-10,12-13H,11H2,1-2H3,(H,27,28)(H,29,30). The SMILES string of the molecule is Cc1cc(Cl)ccc1P(C)(=O)Cc1cc(-c2ccc(NC(=O)c3cscn3)cc2)sc1C(=O)O. The summed E-state index contributed by atoms with van der Waals surface area (Å²) >= 11 is 8.53. The zero-order chi connectivity index (χ0) is 24.5. The van der Waals surface area contributed by atoms with Crippen LogP contribution in [0.5, 0.6) is 0 Å². The van der Waals surface area contributed by atoms with Crippen molar-refractivity contribution in [1.82, 2.24) is 4.98 Å². The van der Waals surface area contributed by atoms with Crippen LogP contribution in [0.1, 0.15) is 31.3 Å². The van der Waals surface area contributed by atoms with E-state index in [0.29, 0.717) is 27.3 Å². The number of carboxylic acids is 1. The summed E-state index contributed by atoms with van der Waals surface area (Å²) in [5.74, 6) is -1.34. The second-order valence-electron chi connectivity index (χ2n) is 7.87. The van der Waals surface area contributed by atoms with Crippen molar-refractivity contribution in [3.8, 4) is 10.4 Å². The van der Waals surface area contributed by atoms with E-state index in [0.717, 1.165) is 27.3 Å². The normalized spacial score (nSPS) is 12.8. The predicted molar refractivity (Wildman–Crippen MR) is 140 cm³/mol. The fraction of sp³-hybridized carbons (Fsp3) is 0.125. The summed E-state index contributed by atoms with van der Waals surface area (Å²) in [7, 11) is -2.88. The highest BCUT2D eigenvalue weighted by Crippen LogP contribution is 2.47. The first-order valence-corrected chi connectivity index (χ1v) is 14.6. The fourth-order valence-corrected chi connectivity index (χ4v) is 7.83. The largest absolute Gasteiger partial charge is 0.477 e. The van der Waals surface area contributed by atoms with Crippen LogP contribution >= 0.6 is 41.4 Å². The number of anilines is 1. The molecule has 0 aliphatic carbocycles. The number of thiophene rings is 1. The third-order valence-electron chi connectivity index (χ3n) is 5.24. The summed E-state index contributed by atoms with van der Waals surface area (Å²) < 4.78 is 13.6. The highest BCUT2D eigenvalue weighted by molar-refractivity contribution is 7.70. The van der Waals surface area contributed by atoms with Gasteiger partial charge in [-0.25, -0.2) is 9.78 Å². The molecule has 4 rings (SSSR count). The zero-order valence-corrected chi connectivity index (χ0v) is 21.5. The summed E-state index contributed by atoms with van der Waals surface area (Å²) in [6.45, 7) is 3.52. The molecule has 0 bridgehead atoms. The Hall–Kier alpha value is -2.77. The van der Waals surface area contributed by atoms with Crippen LogP contribution < -0.4 is 10.6 Å². The van der Waals surface area contributed by atoms with Gasteiger partial charge in [0.1, 0.15) is 17.7 Å². The molecule has 34 heavy (non-hydrogen) atoms. The Balaban J connectivity index is 1.59. The highest BCUT2D eigenvalue weighted by Gasteiger charge is 2.26. The van der Waals surface area contributed by atoms with Crippen LogP contribution in [-0.2, 0) is 10.7 Å². The number of carbonyl (C=O) groups excluding carboxylic acids is 1. The Morgan fingerprint density at radius 2 is 1.88 bits per heavy atom. The smallest absolute Gasteiger partial charge is 0.346 e. The van der Waals surface area contributed by atoms with E-state index in [9.17, 15) is 19.3 Å². The molecule has 0 radical (unpaired) electrons. The van der Waals surface area contributed by atoms with Crippen LogP contribution in [0.3, 0.4) is 0 Å². The van der Waals surface area contributed by atoms with E-state index in [1.807, 2.05) is 19.1 Å². The molecule has 2 N–H and O–H groups in total. The molecule has 2 aromatic heterocycles. The monoisotopic (exact) mass is 530 g/mol. The van der Waals surface area contributed by atoms with Gasteiger partial charge in [0.15, 0.2) is 0 Å². The third kappa shape index (κ3) is 5.31. The number of aromatic nitrogens is 1. The van der Waals surface area contributed by atoms with E-state index >= 15 is 0 Å². The third-order valence-corrected chi connectivity index (χ3v) is 9.74. The molecule has 174 valence electrons. The number of benzene rings is 2. The van der Waals surface area contributed by atoms with Crippen LogP contribution in [0.15, 0.2) is 59.4 Å². The summed E-state index contributed by atoms with van der Waals surface area (Å²) in [5.41, 5.74) is 4.71. The molecule has 10 heteroatoms. The maximum Gasteiger partial charge on any atom is 0.346 e. The van der Waals surface area contributed by atoms with Gasteiger partial charge in [-0.1, -0.05) is 23.7 Å². The number of nitrogens with zero attached hydrogens (tertiary/aromatic N) is 1. The van der Waals surface area contributed by atoms with Crippen molar-refractivity contribution in [3.05, 3.63) is 86.1 Å². The van der Waals surface area contributed by atoms with Crippen LogP contribution in [0.4, 0.5) is 5.69 Å². The lowest BCUT2D eigenvalue weighted by atomic mass is 10.1. The van der Waals surface area contributed by atoms with Crippen LogP contribution in [-0.4, -0.2) is 28.6 Å². The van der Waals surface area contributed by atoms with E-state index in [-0.39, 0.29) is 16.9 Å². The molecule has 0 saturated carbocycles. The van der Waals surface area contributed by atoms with Gasteiger partial charge in [0.25, 0.3) is 5.91 Å². The number of aryl methyl sites for hydroxylation is 1. The van der Waals surface area contributed by atoms with Gasteiger partial charge in [-0.05, 0) is 66.7 Å². The molecule has 0 spiro atoms. The van der Waals surface area contributed by atoms with Gasteiger partial charge in [0.2, 0.25) is 0 Å². The molecule has 1 unspecified atom stereocenters. The second-order valence-corrected chi connectivity index (χ2v) is 13.1. The topological polar surface area (TPSA) is 96.4 Å². The fourth-order valence-electron chi connectivity index (χ4n) is 3.67. The average Bonchev–Trinajstić information content (AvgIpc) is 3.44. The quantitative estimate of drug-likeness (QED) is 0.262. The lowest BCUT2D eigenvalue weighted by molar-refractivity contribution is 0.0701. The number of carboxylic acid groups (broad SMARTS) is 1. The number of hydrogen-bond acceptors (Lipinski definition) is 6. The van der Waals surface area contributed by atoms with E-state index in [1.54, 1.807) is 54.0 Å². The number of hydrogen-bond donors (Lipinski definition) is 2. The predicted octanol–water partition coefficient (Wildman–Crippen LogP) is 6.60. The summed E-state index contributed by atoms with van der Waals surface area (Å²) in [4.78, 5) is 29.0. The van der Waals surface area contributed by atoms with Crippen molar-refractivity contribution in [2.45, 2.75) is 13.1 Å². The van der Waals surface area contributed by atoms with Gasteiger partial charge in [0, 0.05) is 32.4 Å². The Morgan fingerprint density at radius 1 is 1.15 bits per heavy atom. The van der Waals surface area contributed by atoms with Gasteiger partial charge in [-0.3, -0.25) is 4.79 Å². The number of nitrogens with one attached hydrogen (secondary N) is 1. The molecule has 4 aromatic rings. The average molecular weight is 531 g/mol. The first kappa shape index (κ1) is 24.4. The van der Waals surface area contributed by atoms with Gasteiger partial charge < -0.3 is 15.0 Å². The first-order chi connectivity index (χ1) is 16.1. The van der Waals surface area contributed by atoms with Crippen molar-refractivity contribution in [1.29, 1.82) is 0 Å². The molecular formula is C24H20ClN2O4PS2. The summed E-state index contributed by atoms with van der Waals surface area (Å²) in [6, 6.07) is 14.1. The maximum atomic E-state index is 13.6. The minimum atomic E-state index is -2.88. The summed E-state index contributed by atoms with van der Waals surface area (Å²) in [6.07, 6.45) is 0.134. The summed E-state index contributed by atoms with van der Waals surface area (Å²) in [5, 5.41) is 15.5. The molecule has 1 amide bonds. The van der Waals surface area contributed by atoms with Crippen LogP contribution in [0.25, 0.3) is 10.4 Å². The van der Waals surface area contributed by atoms with Crippen molar-refractivity contribution in [2.24, 2.45) is 0 Å². The minimum absolute atomic E-state index is 0.134. The number of halogens is 1.